The quantitative estimate of drug-likeness (QED) is 0.791. The maximum absolute atomic E-state index is 10.2. The van der Waals surface area contributed by atoms with Gasteiger partial charge in [-0.05, 0) is 42.9 Å². The second kappa shape index (κ2) is 8.90. The van der Waals surface area contributed by atoms with Gasteiger partial charge in [0, 0.05) is 18.0 Å². The van der Waals surface area contributed by atoms with Gasteiger partial charge in [0.1, 0.15) is 18.5 Å². The molecule has 2 rings (SSSR count). The van der Waals surface area contributed by atoms with Gasteiger partial charge in [-0.25, -0.2) is 0 Å². The molecule has 0 aliphatic carbocycles. The molecule has 0 aliphatic heterocycles. The lowest BCUT2D eigenvalue weighted by atomic mass is 10.2. The summed E-state index contributed by atoms with van der Waals surface area (Å²) in [4.78, 5) is 3.33. The number of hydrogen-bond acceptors (Lipinski definition) is 5. The van der Waals surface area contributed by atoms with E-state index in [1.165, 1.54) is 4.88 Å². The summed E-state index contributed by atoms with van der Waals surface area (Å²) < 4.78 is 6.34. The van der Waals surface area contributed by atoms with Crippen molar-refractivity contribution in [2.75, 3.05) is 19.7 Å². The van der Waals surface area contributed by atoms with Crippen LogP contribution in [0.5, 0.6) is 5.75 Å². The molecule has 0 spiro atoms. The Labute approximate surface area is 145 Å². The predicted octanol–water partition coefficient (Wildman–Crippen LogP) is 3.53. The highest BCUT2D eigenvalue weighted by molar-refractivity contribution is 7.16. The van der Waals surface area contributed by atoms with Crippen molar-refractivity contribution < 1.29 is 9.84 Å². The molecule has 0 saturated heterocycles. The second-order valence-electron chi connectivity index (χ2n) is 5.13. The first kappa shape index (κ1) is 17.8. The second-order valence-corrected chi connectivity index (χ2v) is 6.93. The number of halogens is 1. The summed E-state index contributed by atoms with van der Waals surface area (Å²) in [7, 11) is 0. The molecule has 2 aromatic rings. The monoisotopic (exact) mass is 350 g/mol. The van der Waals surface area contributed by atoms with Crippen molar-refractivity contribution in [2.24, 2.45) is 0 Å². The fourth-order valence-corrected chi connectivity index (χ4v) is 3.26. The van der Waals surface area contributed by atoms with Crippen molar-refractivity contribution >= 4 is 22.9 Å². The van der Waals surface area contributed by atoms with Crippen LogP contribution < -0.4 is 4.74 Å². The largest absolute Gasteiger partial charge is 0.491 e. The highest BCUT2D eigenvalue weighted by Gasteiger charge is 2.12. The molecule has 0 aliphatic rings. The van der Waals surface area contributed by atoms with E-state index in [-0.39, 0.29) is 6.61 Å². The van der Waals surface area contributed by atoms with Crippen LogP contribution in [0.15, 0.2) is 36.4 Å². The number of aliphatic hydroxyl groups is 1. The molecule has 1 aromatic heterocycles. The zero-order chi connectivity index (χ0) is 16.7. The van der Waals surface area contributed by atoms with Gasteiger partial charge in [-0.3, -0.25) is 4.90 Å². The molecule has 1 aromatic carbocycles. The number of likely N-dealkylation sites (N-methyl/N-ethyl adjacent to an activating group) is 1. The normalized spacial score (nSPS) is 12.1. The van der Waals surface area contributed by atoms with Crippen LogP contribution in [0.1, 0.15) is 17.4 Å². The molecule has 4 nitrogen and oxygen atoms in total. The van der Waals surface area contributed by atoms with Gasteiger partial charge in [0.05, 0.1) is 16.0 Å². The van der Waals surface area contributed by atoms with E-state index in [0.29, 0.717) is 17.9 Å². The van der Waals surface area contributed by atoms with Crippen molar-refractivity contribution in [3.05, 3.63) is 51.2 Å². The zero-order valence-electron chi connectivity index (χ0n) is 12.9. The van der Waals surface area contributed by atoms with Crippen molar-refractivity contribution in [3.63, 3.8) is 0 Å². The standard InChI is InChI=1S/C17H19ClN2O2S/c1-2-20(11-16-7-8-17(18)23-16)10-14(21)12-22-15-5-3-13(9-19)4-6-15/h3-8,14,21H,2,10-12H2,1H3/t14-/m0/s1. The Morgan fingerprint density at radius 1 is 1.30 bits per heavy atom. The number of aliphatic hydroxyl groups excluding tert-OH is 1. The molecule has 1 N–H and O–H groups in total. The molecule has 0 fully saturated rings. The molecule has 6 heteroatoms. The minimum absolute atomic E-state index is 0.216. The first-order valence-electron chi connectivity index (χ1n) is 7.38. The Morgan fingerprint density at radius 2 is 2.04 bits per heavy atom. The highest BCUT2D eigenvalue weighted by atomic mass is 35.5. The Kier molecular flexibility index (Phi) is 6.87. The minimum atomic E-state index is -0.582. The van der Waals surface area contributed by atoms with Crippen LogP contribution in [0.4, 0.5) is 0 Å². The third-order valence-electron chi connectivity index (χ3n) is 3.35. The van der Waals surface area contributed by atoms with Crippen LogP contribution in [0, 0.1) is 11.3 Å². The van der Waals surface area contributed by atoms with Gasteiger partial charge >= 0.3 is 0 Å². The van der Waals surface area contributed by atoms with Gasteiger partial charge in [-0.2, -0.15) is 5.26 Å². The summed E-state index contributed by atoms with van der Waals surface area (Å²) >= 11 is 7.50. The molecule has 122 valence electrons. The molecule has 0 radical (unpaired) electrons. The maximum atomic E-state index is 10.2. The third kappa shape index (κ3) is 5.85. The van der Waals surface area contributed by atoms with Gasteiger partial charge in [0.15, 0.2) is 0 Å². The maximum Gasteiger partial charge on any atom is 0.119 e. The first-order chi connectivity index (χ1) is 11.1. The van der Waals surface area contributed by atoms with Gasteiger partial charge in [0.2, 0.25) is 0 Å². The fourth-order valence-electron chi connectivity index (χ4n) is 2.13. The Balaban J connectivity index is 1.79. The van der Waals surface area contributed by atoms with Gasteiger partial charge in [-0.15, -0.1) is 11.3 Å². The van der Waals surface area contributed by atoms with Crippen LogP contribution >= 0.6 is 22.9 Å². The molecule has 23 heavy (non-hydrogen) atoms. The Morgan fingerprint density at radius 3 is 2.61 bits per heavy atom. The van der Waals surface area contributed by atoms with E-state index in [1.807, 2.05) is 12.1 Å². The molecule has 0 unspecified atom stereocenters. The van der Waals surface area contributed by atoms with Crippen molar-refractivity contribution in [3.8, 4) is 11.8 Å². The number of benzene rings is 1. The molecule has 0 saturated carbocycles. The lowest BCUT2D eigenvalue weighted by Gasteiger charge is -2.23. The number of rotatable bonds is 8. The summed E-state index contributed by atoms with van der Waals surface area (Å²) in [6, 6.07) is 12.8. The third-order valence-corrected chi connectivity index (χ3v) is 4.57. The van der Waals surface area contributed by atoms with Crippen LogP contribution in [0.2, 0.25) is 4.34 Å². The number of hydrogen-bond donors (Lipinski definition) is 1. The van der Waals surface area contributed by atoms with Crippen LogP contribution in [-0.4, -0.2) is 35.8 Å². The summed E-state index contributed by atoms with van der Waals surface area (Å²) in [5.74, 6) is 0.649. The smallest absolute Gasteiger partial charge is 0.119 e. The van der Waals surface area contributed by atoms with Crippen molar-refractivity contribution in [1.29, 1.82) is 5.26 Å². The van der Waals surface area contributed by atoms with Gasteiger partial charge in [-0.1, -0.05) is 18.5 Å². The van der Waals surface area contributed by atoms with E-state index >= 15 is 0 Å². The molecular weight excluding hydrogens is 332 g/mol. The van der Waals surface area contributed by atoms with E-state index in [1.54, 1.807) is 35.6 Å². The topological polar surface area (TPSA) is 56.5 Å². The lowest BCUT2D eigenvalue weighted by molar-refractivity contribution is 0.0678. The van der Waals surface area contributed by atoms with E-state index in [2.05, 4.69) is 17.9 Å². The van der Waals surface area contributed by atoms with Gasteiger partial charge < -0.3 is 9.84 Å². The summed E-state index contributed by atoms with van der Waals surface area (Å²) in [6.45, 7) is 4.41. The molecule has 0 amide bonds. The number of nitriles is 1. The van der Waals surface area contributed by atoms with Crippen LogP contribution in [0.25, 0.3) is 0 Å². The molecule has 1 heterocycles. The van der Waals surface area contributed by atoms with Crippen LogP contribution in [0.3, 0.4) is 0 Å². The summed E-state index contributed by atoms with van der Waals surface area (Å²) in [6.07, 6.45) is -0.582. The Bertz CT molecular complexity index is 651. The van der Waals surface area contributed by atoms with Gasteiger partial charge in [0.25, 0.3) is 0 Å². The summed E-state index contributed by atoms with van der Waals surface area (Å²) in [5, 5.41) is 18.9. The van der Waals surface area contributed by atoms with Crippen molar-refractivity contribution in [2.45, 2.75) is 19.6 Å². The molecule has 1 atom stereocenters. The highest BCUT2D eigenvalue weighted by Crippen LogP contribution is 2.22. The number of nitrogens with zero attached hydrogens (tertiary/aromatic N) is 2. The van der Waals surface area contributed by atoms with E-state index in [9.17, 15) is 5.11 Å². The average Bonchev–Trinajstić information content (AvgIpc) is 2.97. The van der Waals surface area contributed by atoms with E-state index in [0.717, 1.165) is 17.4 Å². The number of ether oxygens (including phenoxy) is 1. The Hall–Kier alpha value is -1.58. The predicted molar refractivity (Wildman–Crippen MR) is 92.9 cm³/mol. The molecular formula is C17H19ClN2O2S. The minimum Gasteiger partial charge on any atom is -0.491 e. The first-order valence-corrected chi connectivity index (χ1v) is 8.57. The SMILES string of the molecule is CCN(Cc1ccc(Cl)s1)C[C@H](O)COc1ccc(C#N)cc1. The molecule has 0 bridgehead atoms. The summed E-state index contributed by atoms with van der Waals surface area (Å²) in [5.41, 5.74) is 0.588. The van der Waals surface area contributed by atoms with E-state index in [4.69, 9.17) is 21.6 Å². The van der Waals surface area contributed by atoms with Crippen LogP contribution in [-0.2, 0) is 6.54 Å². The van der Waals surface area contributed by atoms with Crippen molar-refractivity contribution in [1.82, 2.24) is 4.90 Å². The lowest BCUT2D eigenvalue weighted by Crippen LogP contribution is -2.35. The van der Waals surface area contributed by atoms with E-state index < -0.39 is 6.10 Å². The average molecular weight is 351 g/mol. The zero-order valence-corrected chi connectivity index (χ0v) is 14.5. The number of thiophene rings is 1. The fraction of sp³-hybridized carbons (Fsp3) is 0.353.